The van der Waals surface area contributed by atoms with E-state index >= 15 is 0 Å². The van der Waals surface area contributed by atoms with Crippen LogP contribution in [0.5, 0.6) is 0 Å². The number of aliphatic hydroxyl groups is 1. The van der Waals surface area contributed by atoms with E-state index in [2.05, 4.69) is 6.92 Å². The molecule has 1 aromatic heterocycles. The minimum atomic E-state index is -0.447. The molecule has 1 saturated carbocycles. The molecule has 0 aromatic carbocycles. The number of furan rings is 1. The van der Waals surface area contributed by atoms with Gasteiger partial charge in [-0.2, -0.15) is 0 Å². The van der Waals surface area contributed by atoms with Crippen molar-refractivity contribution in [3.63, 3.8) is 0 Å². The molecule has 0 aliphatic heterocycles. The van der Waals surface area contributed by atoms with Crippen LogP contribution in [0.1, 0.15) is 38.2 Å². The highest BCUT2D eigenvalue weighted by Gasteiger charge is 2.40. The van der Waals surface area contributed by atoms with Crippen molar-refractivity contribution in [2.45, 2.75) is 50.7 Å². The minimum absolute atomic E-state index is 0.357. The molecule has 1 unspecified atom stereocenters. The lowest BCUT2D eigenvalue weighted by Gasteiger charge is -2.41. The second-order valence-electron chi connectivity index (χ2n) is 5.30. The van der Waals surface area contributed by atoms with Crippen LogP contribution in [-0.4, -0.2) is 23.9 Å². The molecular formula is C14H22O3. The SMILES string of the molecule is COC1(C(O)Cc2ccoc2)CCC(C)CC1. The fourth-order valence-electron chi connectivity index (χ4n) is 2.74. The number of hydrogen-bond donors (Lipinski definition) is 1. The molecule has 1 aliphatic rings. The largest absolute Gasteiger partial charge is 0.472 e. The van der Waals surface area contributed by atoms with Gasteiger partial charge in [-0.3, -0.25) is 0 Å². The predicted octanol–water partition coefficient (Wildman–Crippen LogP) is 2.78. The Morgan fingerprint density at radius 2 is 2.24 bits per heavy atom. The van der Waals surface area contributed by atoms with Crippen molar-refractivity contribution >= 4 is 0 Å². The first kappa shape index (κ1) is 12.7. The van der Waals surface area contributed by atoms with E-state index in [1.165, 1.54) is 0 Å². The van der Waals surface area contributed by atoms with E-state index < -0.39 is 6.10 Å². The molecule has 1 aliphatic carbocycles. The summed E-state index contributed by atoms with van der Waals surface area (Å²) in [5.41, 5.74) is 0.677. The molecule has 1 fully saturated rings. The monoisotopic (exact) mass is 238 g/mol. The zero-order chi connectivity index (χ0) is 12.3. The first-order chi connectivity index (χ1) is 8.16. The summed E-state index contributed by atoms with van der Waals surface area (Å²) in [4.78, 5) is 0. The molecule has 1 heterocycles. The molecule has 2 rings (SSSR count). The van der Waals surface area contributed by atoms with Crippen LogP contribution in [0.4, 0.5) is 0 Å². The van der Waals surface area contributed by atoms with E-state index in [0.29, 0.717) is 6.42 Å². The van der Waals surface area contributed by atoms with Crippen LogP contribution in [-0.2, 0) is 11.2 Å². The van der Waals surface area contributed by atoms with Crippen molar-refractivity contribution in [2.24, 2.45) is 5.92 Å². The van der Waals surface area contributed by atoms with Crippen LogP contribution in [0, 0.1) is 5.92 Å². The summed E-state index contributed by atoms with van der Waals surface area (Å²) < 4.78 is 10.7. The zero-order valence-electron chi connectivity index (χ0n) is 10.7. The van der Waals surface area contributed by atoms with Crippen molar-refractivity contribution in [3.8, 4) is 0 Å². The van der Waals surface area contributed by atoms with Gasteiger partial charge in [0.1, 0.15) is 0 Å². The van der Waals surface area contributed by atoms with Gasteiger partial charge < -0.3 is 14.3 Å². The first-order valence-corrected chi connectivity index (χ1v) is 6.40. The molecule has 0 spiro atoms. The van der Waals surface area contributed by atoms with Crippen LogP contribution in [0.15, 0.2) is 23.0 Å². The number of aliphatic hydroxyl groups excluding tert-OH is 1. The van der Waals surface area contributed by atoms with Crippen LogP contribution in [0.2, 0.25) is 0 Å². The lowest BCUT2D eigenvalue weighted by atomic mass is 9.75. The number of ether oxygens (including phenoxy) is 1. The summed E-state index contributed by atoms with van der Waals surface area (Å²) >= 11 is 0. The van der Waals surface area contributed by atoms with E-state index in [1.54, 1.807) is 19.6 Å². The lowest BCUT2D eigenvalue weighted by Crippen LogP contribution is -2.47. The highest BCUT2D eigenvalue weighted by Crippen LogP contribution is 2.37. The Hall–Kier alpha value is -0.800. The fourth-order valence-corrected chi connectivity index (χ4v) is 2.74. The average molecular weight is 238 g/mol. The van der Waals surface area contributed by atoms with Crippen molar-refractivity contribution in [3.05, 3.63) is 24.2 Å². The second-order valence-corrected chi connectivity index (χ2v) is 5.30. The lowest BCUT2D eigenvalue weighted by molar-refractivity contribution is -0.127. The molecule has 3 heteroatoms. The van der Waals surface area contributed by atoms with Gasteiger partial charge in [0.2, 0.25) is 0 Å². The van der Waals surface area contributed by atoms with Gasteiger partial charge in [0.15, 0.2) is 0 Å². The molecule has 17 heavy (non-hydrogen) atoms. The third-order valence-electron chi connectivity index (χ3n) is 4.14. The van der Waals surface area contributed by atoms with Gasteiger partial charge in [-0.25, -0.2) is 0 Å². The Morgan fingerprint density at radius 1 is 1.53 bits per heavy atom. The Balaban J connectivity index is 2.02. The topological polar surface area (TPSA) is 42.6 Å². The summed E-state index contributed by atoms with van der Waals surface area (Å²) in [5.74, 6) is 0.749. The Bertz CT molecular complexity index is 323. The van der Waals surface area contributed by atoms with Gasteiger partial charge in [-0.1, -0.05) is 6.92 Å². The first-order valence-electron chi connectivity index (χ1n) is 6.40. The molecule has 0 saturated heterocycles. The molecular weight excluding hydrogens is 216 g/mol. The fraction of sp³-hybridized carbons (Fsp3) is 0.714. The van der Waals surface area contributed by atoms with E-state index in [0.717, 1.165) is 37.2 Å². The second kappa shape index (κ2) is 5.23. The highest BCUT2D eigenvalue weighted by molar-refractivity contribution is 5.09. The molecule has 0 radical (unpaired) electrons. The summed E-state index contributed by atoms with van der Waals surface area (Å²) in [6, 6.07) is 1.90. The van der Waals surface area contributed by atoms with Crippen molar-refractivity contribution < 1.29 is 14.3 Å². The van der Waals surface area contributed by atoms with E-state index in [9.17, 15) is 5.11 Å². The van der Waals surface area contributed by atoms with Gasteiger partial charge in [0.25, 0.3) is 0 Å². The minimum Gasteiger partial charge on any atom is -0.472 e. The summed E-state index contributed by atoms with van der Waals surface area (Å²) in [6.07, 6.45) is 7.67. The van der Waals surface area contributed by atoms with Gasteiger partial charge in [-0.15, -0.1) is 0 Å². The molecule has 3 nitrogen and oxygen atoms in total. The standard InChI is InChI=1S/C14H22O3/c1-11-3-6-14(16-2,7-4-11)13(15)9-12-5-8-17-10-12/h5,8,10-11,13,15H,3-4,6-7,9H2,1-2H3. The normalized spacial score (nSPS) is 31.4. The molecule has 0 bridgehead atoms. The smallest absolute Gasteiger partial charge is 0.0939 e. The van der Waals surface area contributed by atoms with Gasteiger partial charge >= 0.3 is 0 Å². The summed E-state index contributed by atoms with van der Waals surface area (Å²) in [5, 5.41) is 10.4. The van der Waals surface area contributed by atoms with Gasteiger partial charge in [-0.05, 0) is 43.2 Å². The maximum absolute atomic E-state index is 10.4. The summed E-state index contributed by atoms with van der Waals surface area (Å²) in [6.45, 7) is 2.27. The molecule has 1 atom stereocenters. The van der Waals surface area contributed by atoms with Gasteiger partial charge in [0, 0.05) is 13.5 Å². The molecule has 96 valence electrons. The van der Waals surface area contributed by atoms with Crippen molar-refractivity contribution in [1.82, 2.24) is 0 Å². The van der Waals surface area contributed by atoms with Gasteiger partial charge in [0.05, 0.1) is 24.2 Å². The Kier molecular flexibility index (Phi) is 3.89. The van der Waals surface area contributed by atoms with Crippen LogP contribution in [0.25, 0.3) is 0 Å². The molecule has 1 aromatic rings. The van der Waals surface area contributed by atoms with Crippen molar-refractivity contribution in [2.75, 3.05) is 7.11 Å². The van der Waals surface area contributed by atoms with Crippen LogP contribution in [0.3, 0.4) is 0 Å². The third kappa shape index (κ3) is 2.72. The summed E-state index contributed by atoms with van der Waals surface area (Å²) in [7, 11) is 1.72. The van der Waals surface area contributed by atoms with Crippen molar-refractivity contribution in [1.29, 1.82) is 0 Å². The maximum Gasteiger partial charge on any atom is 0.0939 e. The number of methoxy groups -OCH3 is 1. The highest BCUT2D eigenvalue weighted by atomic mass is 16.5. The Labute approximate surface area is 103 Å². The van der Waals surface area contributed by atoms with Crippen LogP contribution >= 0.6 is 0 Å². The van der Waals surface area contributed by atoms with E-state index in [-0.39, 0.29) is 5.60 Å². The van der Waals surface area contributed by atoms with E-state index in [4.69, 9.17) is 9.15 Å². The Morgan fingerprint density at radius 3 is 2.76 bits per heavy atom. The molecule has 1 N–H and O–H groups in total. The number of rotatable bonds is 4. The maximum atomic E-state index is 10.4. The average Bonchev–Trinajstić information content (AvgIpc) is 2.83. The van der Waals surface area contributed by atoms with Crippen LogP contribution < -0.4 is 0 Å². The third-order valence-corrected chi connectivity index (χ3v) is 4.14. The molecule has 0 amide bonds. The van der Waals surface area contributed by atoms with E-state index in [1.807, 2.05) is 6.07 Å². The number of hydrogen-bond acceptors (Lipinski definition) is 3. The predicted molar refractivity (Wildman–Crippen MR) is 65.8 cm³/mol. The zero-order valence-corrected chi connectivity index (χ0v) is 10.7. The quantitative estimate of drug-likeness (QED) is 0.877.